The van der Waals surface area contributed by atoms with E-state index in [-0.39, 0.29) is 26.5 Å². The first kappa shape index (κ1) is 30.7. The Morgan fingerprint density at radius 2 is 1.53 bits per heavy atom. The van der Waals surface area contributed by atoms with E-state index in [9.17, 15) is 0 Å². The Kier molecular flexibility index (Phi) is 7.85. The van der Waals surface area contributed by atoms with Crippen molar-refractivity contribution in [1.29, 1.82) is 0 Å². The topological polar surface area (TPSA) is 46.4 Å². The number of anilines is 3. The SMILES string of the molecule is CN1[CH-]N(c2[c-]c(Oc3[c-]c4c(cc3)c3c(-c5ccccc5)cccc3n4-c3cc(C(C)(C)C)ccn3)ncc2)c2ccccc21.[Pt]. The average Bonchev–Trinajstić information content (AvgIpc) is 3.59. The van der Waals surface area contributed by atoms with Crippen molar-refractivity contribution in [3.8, 4) is 28.6 Å². The quantitative estimate of drug-likeness (QED) is 0.163. The molecule has 6 nitrogen and oxygen atoms in total. The maximum atomic E-state index is 6.37. The van der Waals surface area contributed by atoms with E-state index < -0.39 is 0 Å². The molecule has 1 aliphatic rings. The molecule has 4 aromatic carbocycles. The molecular weight excluding hydrogens is 762 g/mol. The first-order chi connectivity index (χ1) is 22.3. The van der Waals surface area contributed by atoms with Crippen LogP contribution in [0.25, 0.3) is 38.8 Å². The first-order valence-electron chi connectivity index (χ1n) is 15.4. The van der Waals surface area contributed by atoms with Crippen LogP contribution < -0.4 is 14.5 Å². The van der Waals surface area contributed by atoms with E-state index in [2.05, 4.69) is 125 Å². The van der Waals surface area contributed by atoms with Crippen LogP contribution in [-0.4, -0.2) is 21.6 Å². The van der Waals surface area contributed by atoms with Crippen molar-refractivity contribution in [2.45, 2.75) is 26.2 Å². The van der Waals surface area contributed by atoms with Crippen molar-refractivity contribution >= 4 is 38.9 Å². The summed E-state index contributed by atoms with van der Waals surface area (Å²) < 4.78 is 8.56. The van der Waals surface area contributed by atoms with Gasteiger partial charge >= 0.3 is 0 Å². The Morgan fingerprint density at radius 1 is 0.766 bits per heavy atom. The van der Waals surface area contributed by atoms with Crippen LogP contribution in [-0.2, 0) is 26.5 Å². The molecule has 236 valence electrons. The molecule has 0 bridgehead atoms. The molecule has 0 N–H and O–H groups in total. The summed E-state index contributed by atoms with van der Waals surface area (Å²) >= 11 is 0. The maximum Gasteiger partial charge on any atom is 0.135 e. The van der Waals surface area contributed by atoms with Crippen LogP contribution in [0.15, 0.2) is 116 Å². The van der Waals surface area contributed by atoms with Crippen molar-refractivity contribution in [3.63, 3.8) is 0 Å². The van der Waals surface area contributed by atoms with E-state index in [1.54, 1.807) is 6.20 Å². The van der Waals surface area contributed by atoms with E-state index in [4.69, 9.17) is 9.72 Å². The van der Waals surface area contributed by atoms with Gasteiger partial charge in [0.2, 0.25) is 0 Å². The van der Waals surface area contributed by atoms with Gasteiger partial charge in [-0.15, -0.1) is 17.5 Å². The van der Waals surface area contributed by atoms with Gasteiger partial charge in [-0.25, -0.2) is 4.98 Å². The smallest absolute Gasteiger partial charge is 0.135 e. The minimum Gasteiger partial charge on any atom is -0.504 e. The van der Waals surface area contributed by atoms with Gasteiger partial charge in [0.05, 0.1) is 0 Å². The van der Waals surface area contributed by atoms with Crippen LogP contribution in [0.5, 0.6) is 11.6 Å². The van der Waals surface area contributed by atoms with E-state index in [0.29, 0.717) is 11.6 Å². The van der Waals surface area contributed by atoms with E-state index in [1.165, 1.54) is 5.56 Å². The molecular formula is C40H32N5OPt-3. The molecule has 0 radical (unpaired) electrons. The van der Waals surface area contributed by atoms with Crippen LogP contribution in [0.3, 0.4) is 0 Å². The second-order valence-corrected chi connectivity index (χ2v) is 12.6. The predicted octanol–water partition coefficient (Wildman–Crippen LogP) is 9.64. The van der Waals surface area contributed by atoms with Gasteiger partial charge in [0.1, 0.15) is 11.7 Å². The second kappa shape index (κ2) is 12.0. The maximum absolute atomic E-state index is 6.37. The van der Waals surface area contributed by atoms with Gasteiger partial charge in [0.15, 0.2) is 0 Å². The van der Waals surface area contributed by atoms with Crippen LogP contribution in [0.1, 0.15) is 26.3 Å². The number of pyridine rings is 2. The minimum absolute atomic E-state index is 0. The monoisotopic (exact) mass is 793 g/mol. The zero-order chi connectivity index (χ0) is 31.4. The number of benzene rings is 4. The van der Waals surface area contributed by atoms with E-state index in [1.807, 2.05) is 50.2 Å². The molecule has 0 aliphatic carbocycles. The van der Waals surface area contributed by atoms with Crippen molar-refractivity contribution < 1.29 is 25.8 Å². The van der Waals surface area contributed by atoms with Gasteiger partial charge < -0.3 is 19.1 Å². The van der Waals surface area contributed by atoms with E-state index >= 15 is 0 Å². The molecule has 0 spiro atoms. The number of hydrogen-bond donors (Lipinski definition) is 0. The summed E-state index contributed by atoms with van der Waals surface area (Å²) in [5, 5.41) is 2.22. The third kappa shape index (κ3) is 5.47. The summed E-state index contributed by atoms with van der Waals surface area (Å²) in [6.07, 6.45) is 3.64. The molecule has 1 aliphatic heterocycles. The molecule has 0 fully saturated rings. The molecule has 7 aromatic rings. The van der Waals surface area contributed by atoms with Crippen LogP contribution in [0.2, 0.25) is 0 Å². The third-order valence-electron chi connectivity index (χ3n) is 8.54. The van der Waals surface area contributed by atoms with Crippen LogP contribution in [0, 0.1) is 18.8 Å². The summed E-state index contributed by atoms with van der Waals surface area (Å²) in [5.74, 6) is 1.76. The second-order valence-electron chi connectivity index (χ2n) is 12.6. The average molecular weight is 794 g/mol. The molecule has 8 rings (SSSR count). The summed E-state index contributed by atoms with van der Waals surface area (Å²) in [6.45, 7) is 8.70. The number of hydrogen-bond acceptors (Lipinski definition) is 5. The number of para-hydroxylation sites is 2. The van der Waals surface area contributed by atoms with Gasteiger partial charge in [-0.2, -0.15) is 30.6 Å². The summed E-state index contributed by atoms with van der Waals surface area (Å²) in [7, 11) is 2.04. The van der Waals surface area contributed by atoms with Crippen molar-refractivity contribution in [1.82, 2.24) is 14.5 Å². The van der Waals surface area contributed by atoms with Crippen molar-refractivity contribution in [2.24, 2.45) is 0 Å². The molecule has 4 heterocycles. The largest absolute Gasteiger partial charge is 0.504 e. The van der Waals surface area contributed by atoms with Crippen LogP contribution in [0.4, 0.5) is 17.1 Å². The predicted molar refractivity (Wildman–Crippen MR) is 186 cm³/mol. The Labute approximate surface area is 289 Å². The molecule has 7 heteroatoms. The summed E-state index contributed by atoms with van der Waals surface area (Å²) in [6, 6.07) is 42.5. The summed E-state index contributed by atoms with van der Waals surface area (Å²) in [4.78, 5) is 13.6. The third-order valence-corrected chi connectivity index (χ3v) is 8.54. The van der Waals surface area contributed by atoms with Crippen molar-refractivity contribution in [2.75, 3.05) is 16.8 Å². The first-order valence-corrected chi connectivity index (χ1v) is 15.4. The fourth-order valence-corrected chi connectivity index (χ4v) is 6.25. The van der Waals surface area contributed by atoms with Gasteiger partial charge in [-0.1, -0.05) is 80.9 Å². The molecule has 0 saturated heterocycles. The van der Waals surface area contributed by atoms with Gasteiger partial charge in [0.25, 0.3) is 0 Å². The molecule has 0 amide bonds. The number of aromatic nitrogens is 3. The molecule has 3 aromatic heterocycles. The summed E-state index contributed by atoms with van der Waals surface area (Å²) in [5.41, 5.74) is 8.48. The van der Waals surface area contributed by atoms with Gasteiger partial charge in [0, 0.05) is 49.9 Å². The van der Waals surface area contributed by atoms with Gasteiger partial charge in [-0.05, 0) is 71.1 Å². The number of rotatable bonds is 5. The Bertz CT molecular complexity index is 2240. The molecule has 0 unspecified atom stereocenters. The minimum atomic E-state index is -0.0295. The molecule has 47 heavy (non-hydrogen) atoms. The number of fused-ring (bicyclic) bond motifs is 4. The van der Waals surface area contributed by atoms with Crippen molar-refractivity contribution in [3.05, 3.63) is 140 Å². The molecule has 0 atom stereocenters. The zero-order valence-corrected chi connectivity index (χ0v) is 28.8. The number of ether oxygens (including phenoxy) is 1. The standard InChI is InChI=1S/C40H32N5O.Pt/c1-40(2,3)28-19-21-41-37(23-28)45-35-16-10-13-31(27-11-6-5-7-12-27)39(35)32-18-17-30(25-36(32)45)46-38-24-29(20-22-42-38)44-26-43(4)33-14-8-9-15-34(33)44;/h5-23,26H,1-4H3;/q-3;. The van der Waals surface area contributed by atoms with Gasteiger partial charge in [-0.3, -0.25) is 4.98 Å². The normalized spacial score (nSPS) is 12.8. The Morgan fingerprint density at radius 3 is 2.34 bits per heavy atom. The fourth-order valence-electron chi connectivity index (χ4n) is 6.25. The fraction of sp³-hybridized carbons (Fsp3) is 0.125. The zero-order valence-electron chi connectivity index (χ0n) is 26.5. The molecule has 0 saturated carbocycles. The Hall–Kier alpha value is -4.93. The Balaban J connectivity index is 0.00000351. The van der Waals surface area contributed by atoms with Crippen LogP contribution >= 0.6 is 0 Å². The number of nitrogens with zero attached hydrogens (tertiary/aromatic N) is 5. The van der Waals surface area contributed by atoms with E-state index in [0.717, 1.165) is 55.8 Å².